The van der Waals surface area contributed by atoms with E-state index in [2.05, 4.69) is 15.3 Å². The highest BCUT2D eigenvalue weighted by Crippen LogP contribution is 2.55. The summed E-state index contributed by atoms with van der Waals surface area (Å²) in [6, 6.07) is 4.34. The van der Waals surface area contributed by atoms with Crippen LogP contribution in [0.2, 0.25) is 5.02 Å². The Bertz CT molecular complexity index is 810. The van der Waals surface area contributed by atoms with E-state index in [9.17, 15) is 13.2 Å². The molecule has 1 saturated carbocycles. The molecule has 1 atom stereocenters. The number of ether oxygens (including phenoxy) is 1. The van der Waals surface area contributed by atoms with Crippen LogP contribution in [0.15, 0.2) is 30.7 Å². The predicted molar refractivity (Wildman–Crippen MR) is 86.9 cm³/mol. The van der Waals surface area contributed by atoms with Gasteiger partial charge in [0.25, 0.3) is 0 Å². The Morgan fingerprint density at radius 2 is 2.08 bits per heavy atom. The van der Waals surface area contributed by atoms with Gasteiger partial charge < -0.3 is 10.1 Å². The van der Waals surface area contributed by atoms with Gasteiger partial charge in [-0.3, -0.25) is 0 Å². The van der Waals surface area contributed by atoms with Crippen molar-refractivity contribution in [1.29, 1.82) is 0 Å². The monoisotopic (exact) mass is 369 g/mol. The number of hydrogen-bond acceptors (Lipinski definition) is 4. The SMILES string of the molecule is FC(F)(F)C1(OCC2CCC2)c2cc(Cl)ccc2Nc2ncncc21. The van der Waals surface area contributed by atoms with Gasteiger partial charge in [0.05, 0.1) is 12.2 Å². The Balaban J connectivity index is 1.92. The number of nitrogens with zero attached hydrogens (tertiary/aromatic N) is 2. The number of nitrogens with one attached hydrogen (secondary N) is 1. The van der Waals surface area contributed by atoms with Gasteiger partial charge in [0, 0.05) is 22.5 Å². The fraction of sp³-hybridized carbons (Fsp3) is 0.412. The van der Waals surface area contributed by atoms with Crippen LogP contribution in [0.25, 0.3) is 0 Å². The number of benzene rings is 1. The normalized spacial score (nSPS) is 22.6. The molecule has 1 aromatic heterocycles. The summed E-state index contributed by atoms with van der Waals surface area (Å²) in [7, 11) is 0. The van der Waals surface area contributed by atoms with Crippen molar-refractivity contribution in [3.05, 3.63) is 46.9 Å². The van der Waals surface area contributed by atoms with Crippen LogP contribution in [0, 0.1) is 5.92 Å². The van der Waals surface area contributed by atoms with Gasteiger partial charge in [-0.1, -0.05) is 18.0 Å². The van der Waals surface area contributed by atoms with E-state index in [0.29, 0.717) is 0 Å². The van der Waals surface area contributed by atoms with E-state index >= 15 is 0 Å². The van der Waals surface area contributed by atoms with E-state index in [4.69, 9.17) is 16.3 Å². The van der Waals surface area contributed by atoms with E-state index in [1.807, 2.05) is 0 Å². The number of anilines is 2. The highest BCUT2D eigenvalue weighted by Gasteiger charge is 2.62. The molecule has 4 nitrogen and oxygen atoms in total. The Morgan fingerprint density at radius 1 is 1.28 bits per heavy atom. The van der Waals surface area contributed by atoms with Gasteiger partial charge in [-0.05, 0) is 37.0 Å². The Hall–Kier alpha value is -1.86. The van der Waals surface area contributed by atoms with Gasteiger partial charge >= 0.3 is 6.18 Å². The van der Waals surface area contributed by atoms with Gasteiger partial charge in [-0.15, -0.1) is 0 Å². The Kier molecular flexibility index (Phi) is 3.88. The summed E-state index contributed by atoms with van der Waals surface area (Å²) in [5, 5.41) is 3.13. The maximum Gasteiger partial charge on any atom is 0.426 e. The van der Waals surface area contributed by atoms with E-state index in [0.717, 1.165) is 25.5 Å². The molecule has 1 fully saturated rings. The zero-order chi connectivity index (χ0) is 17.7. The fourth-order valence-corrected chi connectivity index (χ4v) is 3.49. The predicted octanol–water partition coefficient (Wildman–Crippen LogP) is 4.81. The third kappa shape index (κ3) is 2.57. The molecule has 4 rings (SSSR count). The molecule has 1 aliphatic heterocycles. The highest BCUT2D eigenvalue weighted by molar-refractivity contribution is 6.30. The highest BCUT2D eigenvalue weighted by atomic mass is 35.5. The zero-order valence-electron chi connectivity index (χ0n) is 13.1. The second kappa shape index (κ2) is 5.85. The largest absolute Gasteiger partial charge is 0.426 e. The molecule has 2 heterocycles. The average molecular weight is 370 g/mol. The van der Waals surface area contributed by atoms with Crippen molar-refractivity contribution >= 4 is 23.1 Å². The van der Waals surface area contributed by atoms with E-state index in [1.165, 1.54) is 24.5 Å². The molecule has 132 valence electrons. The molecule has 1 aromatic carbocycles. The van der Waals surface area contributed by atoms with E-state index in [-0.39, 0.29) is 40.2 Å². The first-order valence-electron chi connectivity index (χ1n) is 8.00. The van der Waals surface area contributed by atoms with Crippen molar-refractivity contribution in [3.8, 4) is 0 Å². The lowest BCUT2D eigenvalue weighted by molar-refractivity contribution is -0.271. The lowest BCUT2D eigenvalue weighted by Crippen LogP contribution is -2.49. The topological polar surface area (TPSA) is 47.0 Å². The molecule has 1 N–H and O–H groups in total. The van der Waals surface area contributed by atoms with Crippen LogP contribution in [-0.4, -0.2) is 22.8 Å². The van der Waals surface area contributed by atoms with E-state index < -0.39 is 11.8 Å². The summed E-state index contributed by atoms with van der Waals surface area (Å²) in [5.41, 5.74) is -2.56. The molecule has 2 aromatic rings. The van der Waals surface area contributed by atoms with Crippen molar-refractivity contribution in [3.63, 3.8) is 0 Å². The average Bonchev–Trinajstić information content (AvgIpc) is 2.52. The molecule has 1 aliphatic carbocycles. The van der Waals surface area contributed by atoms with Gasteiger partial charge in [0.15, 0.2) is 0 Å². The number of halogens is 4. The lowest BCUT2D eigenvalue weighted by atomic mass is 9.81. The van der Waals surface area contributed by atoms with Crippen LogP contribution in [-0.2, 0) is 10.3 Å². The van der Waals surface area contributed by atoms with Crippen LogP contribution in [0.1, 0.15) is 30.4 Å². The van der Waals surface area contributed by atoms with Crippen molar-refractivity contribution in [2.75, 3.05) is 11.9 Å². The minimum atomic E-state index is -4.70. The molecule has 0 spiro atoms. The number of aromatic nitrogens is 2. The van der Waals surface area contributed by atoms with Crippen LogP contribution in [0.4, 0.5) is 24.7 Å². The van der Waals surface area contributed by atoms with Crippen LogP contribution in [0.5, 0.6) is 0 Å². The van der Waals surface area contributed by atoms with Crippen molar-refractivity contribution in [2.24, 2.45) is 5.92 Å². The zero-order valence-corrected chi connectivity index (χ0v) is 13.9. The molecule has 0 radical (unpaired) electrons. The maximum atomic E-state index is 14.4. The quantitative estimate of drug-likeness (QED) is 0.843. The Morgan fingerprint density at radius 3 is 2.76 bits per heavy atom. The van der Waals surface area contributed by atoms with Crippen molar-refractivity contribution in [1.82, 2.24) is 9.97 Å². The number of fused-ring (bicyclic) bond motifs is 2. The molecule has 0 amide bonds. The summed E-state index contributed by atoms with van der Waals surface area (Å²) < 4.78 is 48.9. The third-order valence-electron chi connectivity index (χ3n) is 4.87. The second-order valence-electron chi connectivity index (χ2n) is 6.39. The number of hydrogen-bond donors (Lipinski definition) is 1. The van der Waals surface area contributed by atoms with Gasteiger partial charge in [0.2, 0.25) is 5.60 Å². The van der Waals surface area contributed by atoms with Gasteiger partial charge in [-0.25, -0.2) is 9.97 Å². The van der Waals surface area contributed by atoms with Gasteiger partial charge in [0.1, 0.15) is 12.1 Å². The van der Waals surface area contributed by atoms with Crippen molar-refractivity contribution < 1.29 is 17.9 Å². The smallest absolute Gasteiger partial charge is 0.356 e. The fourth-order valence-electron chi connectivity index (χ4n) is 3.32. The Labute approximate surface area is 147 Å². The first kappa shape index (κ1) is 16.6. The summed E-state index contributed by atoms with van der Waals surface area (Å²) in [5.74, 6) is 0.237. The summed E-state index contributed by atoms with van der Waals surface area (Å²) in [4.78, 5) is 7.77. The molecule has 1 unspecified atom stereocenters. The summed E-state index contributed by atoms with van der Waals surface area (Å²) in [6.45, 7) is 0.0276. The molecule has 2 aliphatic rings. The summed E-state index contributed by atoms with van der Waals surface area (Å²) in [6.07, 6.45) is 0.460. The summed E-state index contributed by atoms with van der Waals surface area (Å²) >= 11 is 6.00. The maximum absolute atomic E-state index is 14.4. The second-order valence-corrected chi connectivity index (χ2v) is 6.82. The van der Waals surface area contributed by atoms with Crippen molar-refractivity contribution in [2.45, 2.75) is 31.0 Å². The molecular formula is C17H15ClF3N3O. The first-order valence-corrected chi connectivity index (χ1v) is 8.38. The third-order valence-corrected chi connectivity index (χ3v) is 5.10. The van der Waals surface area contributed by atoms with E-state index in [1.54, 1.807) is 0 Å². The molecular weight excluding hydrogens is 355 g/mol. The molecule has 0 saturated heterocycles. The van der Waals surface area contributed by atoms with Crippen LogP contribution in [0.3, 0.4) is 0 Å². The first-order chi connectivity index (χ1) is 11.9. The number of alkyl halides is 3. The standard InChI is InChI=1S/C17H15ClF3N3O/c18-11-4-5-14-12(6-11)16(17(19,20)21,25-8-10-2-1-3-10)13-7-22-9-23-15(13)24-14/h4-7,9-10H,1-3,8H2,(H,22,23,24). The van der Waals surface area contributed by atoms with Crippen LogP contribution >= 0.6 is 11.6 Å². The minimum Gasteiger partial charge on any atom is -0.356 e. The van der Waals surface area contributed by atoms with Crippen LogP contribution < -0.4 is 5.32 Å². The molecule has 0 bridgehead atoms. The molecule has 25 heavy (non-hydrogen) atoms. The lowest BCUT2D eigenvalue weighted by Gasteiger charge is -2.42. The minimum absolute atomic E-state index is 0.0276. The molecule has 8 heteroatoms. The van der Waals surface area contributed by atoms with Gasteiger partial charge in [-0.2, -0.15) is 13.2 Å². The number of rotatable bonds is 3.